The molecule has 1 heterocycles. The summed E-state index contributed by atoms with van der Waals surface area (Å²) in [6, 6.07) is 5.49. The zero-order chi connectivity index (χ0) is 14.5. The predicted molar refractivity (Wildman–Crippen MR) is 78.2 cm³/mol. The summed E-state index contributed by atoms with van der Waals surface area (Å²) in [7, 11) is 1.93. The highest BCUT2D eigenvalue weighted by atomic mass is 16.1. The summed E-state index contributed by atoms with van der Waals surface area (Å²) < 4.78 is 1.94. The Bertz CT molecular complexity index is 605. The number of hydrogen-bond donors (Lipinski definition) is 3. The van der Waals surface area contributed by atoms with Crippen molar-refractivity contribution in [2.24, 2.45) is 12.9 Å². The van der Waals surface area contributed by atoms with Gasteiger partial charge in [-0.15, -0.1) is 0 Å². The minimum absolute atomic E-state index is 0.146. The Morgan fingerprint density at radius 1 is 1.45 bits per heavy atom. The summed E-state index contributed by atoms with van der Waals surface area (Å²) >= 11 is 0. The van der Waals surface area contributed by atoms with Crippen molar-refractivity contribution in [3.8, 4) is 0 Å². The Kier molecular flexibility index (Phi) is 4.37. The molecule has 0 saturated carbocycles. The van der Waals surface area contributed by atoms with Crippen LogP contribution in [0.3, 0.4) is 0 Å². The van der Waals surface area contributed by atoms with Gasteiger partial charge in [0.25, 0.3) is 5.91 Å². The lowest BCUT2D eigenvalue weighted by Crippen LogP contribution is -2.27. The van der Waals surface area contributed by atoms with Crippen molar-refractivity contribution >= 4 is 11.6 Å². The second-order valence-corrected chi connectivity index (χ2v) is 4.65. The van der Waals surface area contributed by atoms with Crippen molar-refractivity contribution < 1.29 is 4.79 Å². The number of aryl methyl sites for hydroxylation is 2. The maximum absolute atomic E-state index is 12.1. The minimum atomic E-state index is -0.146. The third-order valence-electron chi connectivity index (χ3n) is 3.13. The van der Waals surface area contributed by atoms with E-state index in [0.717, 1.165) is 11.4 Å². The molecule has 0 fully saturated rings. The minimum Gasteiger partial charge on any atom is -0.352 e. The van der Waals surface area contributed by atoms with E-state index >= 15 is 0 Å². The third-order valence-corrected chi connectivity index (χ3v) is 3.13. The van der Waals surface area contributed by atoms with E-state index in [1.807, 2.05) is 36.9 Å². The van der Waals surface area contributed by atoms with Crippen LogP contribution in [0, 0.1) is 6.92 Å². The molecule has 0 aliphatic rings. The average Bonchev–Trinajstić information content (AvgIpc) is 2.84. The molecule has 1 aromatic carbocycles. The topological polar surface area (TPSA) is 85.0 Å². The highest BCUT2D eigenvalue weighted by molar-refractivity contribution is 5.99. The van der Waals surface area contributed by atoms with E-state index in [9.17, 15) is 4.79 Å². The smallest absolute Gasteiger partial charge is 0.253 e. The fraction of sp³-hybridized carbons (Fsp3) is 0.286. The van der Waals surface area contributed by atoms with Crippen molar-refractivity contribution in [3.05, 3.63) is 47.5 Å². The van der Waals surface area contributed by atoms with Gasteiger partial charge in [0.05, 0.1) is 11.3 Å². The van der Waals surface area contributed by atoms with Crippen LogP contribution in [-0.2, 0) is 13.5 Å². The Morgan fingerprint density at radius 2 is 2.25 bits per heavy atom. The first kappa shape index (κ1) is 14.1. The maximum atomic E-state index is 12.1. The summed E-state index contributed by atoms with van der Waals surface area (Å²) in [5.41, 5.74) is 4.76. The van der Waals surface area contributed by atoms with E-state index in [1.165, 1.54) is 0 Å². The second-order valence-electron chi connectivity index (χ2n) is 4.65. The van der Waals surface area contributed by atoms with E-state index in [2.05, 4.69) is 15.7 Å². The van der Waals surface area contributed by atoms with Gasteiger partial charge in [-0.1, -0.05) is 6.07 Å². The van der Waals surface area contributed by atoms with Crippen molar-refractivity contribution in [1.29, 1.82) is 0 Å². The van der Waals surface area contributed by atoms with Crippen LogP contribution in [0.1, 0.15) is 21.7 Å². The van der Waals surface area contributed by atoms with Gasteiger partial charge in [0.1, 0.15) is 5.82 Å². The number of nitrogens with zero attached hydrogens (tertiary/aromatic N) is 2. The Labute approximate surface area is 118 Å². The number of carbonyl (C=O) groups excluding carboxylic acids is 1. The van der Waals surface area contributed by atoms with Gasteiger partial charge in [-0.25, -0.2) is 4.98 Å². The molecule has 0 spiro atoms. The molecule has 1 aromatic heterocycles. The molecule has 0 saturated heterocycles. The molecule has 0 radical (unpaired) electrons. The summed E-state index contributed by atoms with van der Waals surface area (Å²) in [5.74, 6) is 6.23. The van der Waals surface area contributed by atoms with Gasteiger partial charge in [-0.05, 0) is 24.6 Å². The molecular weight excluding hydrogens is 254 g/mol. The number of hydrogen-bond acceptors (Lipinski definition) is 4. The molecule has 106 valence electrons. The first-order valence-corrected chi connectivity index (χ1v) is 6.43. The van der Waals surface area contributed by atoms with Gasteiger partial charge >= 0.3 is 0 Å². The fourth-order valence-electron chi connectivity index (χ4n) is 2.00. The lowest BCUT2D eigenvalue weighted by molar-refractivity contribution is 0.0954. The molecular formula is C14H19N5O. The van der Waals surface area contributed by atoms with Crippen LogP contribution in [0.15, 0.2) is 30.6 Å². The van der Waals surface area contributed by atoms with Crippen LogP contribution in [0.5, 0.6) is 0 Å². The van der Waals surface area contributed by atoms with E-state index in [4.69, 9.17) is 5.84 Å². The monoisotopic (exact) mass is 273 g/mol. The summed E-state index contributed by atoms with van der Waals surface area (Å²) in [6.45, 7) is 2.48. The van der Waals surface area contributed by atoms with E-state index < -0.39 is 0 Å². The van der Waals surface area contributed by atoms with Crippen LogP contribution in [0.2, 0.25) is 0 Å². The van der Waals surface area contributed by atoms with Crippen LogP contribution in [-0.4, -0.2) is 22.0 Å². The maximum Gasteiger partial charge on any atom is 0.253 e. The number of amides is 1. The Balaban J connectivity index is 1.97. The highest BCUT2D eigenvalue weighted by Crippen LogP contribution is 2.16. The van der Waals surface area contributed by atoms with Crippen molar-refractivity contribution in [1.82, 2.24) is 14.9 Å². The Hall–Kier alpha value is -2.34. The van der Waals surface area contributed by atoms with Crippen LogP contribution >= 0.6 is 0 Å². The molecule has 20 heavy (non-hydrogen) atoms. The molecule has 0 unspecified atom stereocenters. The quantitative estimate of drug-likeness (QED) is 0.560. The lowest BCUT2D eigenvalue weighted by atomic mass is 10.1. The molecule has 0 bridgehead atoms. The molecule has 6 heteroatoms. The van der Waals surface area contributed by atoms with Crippen molar-refractivity contribution in [3.63, 3.8) is 0 Å². The standard InChI is InChI=1S/C14H19N5O/c1-10-3-4-11(12(9-10)18-15)14(20)17-6-5-13-16-7-8-19(13)2/h3-4,7-9,18H,5-6,15H2,1-2H3,(H,17,20). The number of nitrogens with one attached hydrogen (secondary N) is 2. The van der Waals surface area contributed by atoms with Gasteiger partial charge in [-0.2, -0.15) is 0 Å². The van der Waals surface area contributed by atoms with Crippen molar-refractivity contribution in [2.75, 3.05) is 12.0 Å². The molecule has 6 nitrogen and oxygen atoms in total. The van der Waals surface area contributed by atoms with Crippen LogP contribution < -0.4 is 16.6 Å². The van der Waals surface area contributed by atoms with E-state index in [1.54, 1.807) is 12.3 Å². The lowest BCUT2D eigenvalue weighted by Gasteiger charge is -2.10. The van der Waals surface area contributed by atoms with Crippen LogP contribution in [0.4, 0.5) is 5.69 Å². The molecule has 2 rings (SSSR count). The SMILES string of the molecule is Cc1ccc(C(=O)NCCc2nccn2C)c(NN)c1. The molecule has 2 aromatic rings. The third kappa shape index (κ3) is 3.16. The molecule has 4 N–H and O–H groups in total. The van der Waals surface area contributed by atoms with Gasteiger partial charge in [0.15, 0.2) is 0 Å². The summed E-state index contributed by atoms with van der Waals surface area (Å²) in [4.78, 5) is 16.3. The molecule has 1 amide bonds. The predicted octanol–water partition coefficient (Wildman–Crippen LogP) is 0.987. The van der Waals surface area contributed by atoms with Gasteiger partial charge in [0, 0.05) is 32.4 Å². The summed E-state index contributed by atoms with van der Waals surface area (Å²) in [6.07, 6.45) is 4.31. The number of anilines is 1. The number of imidazole rings is 1. The number of aromatic nitrogens is 2. The molecule has 0 aliphatic carbocycles. The first-order chi connectivity index (χ1) is 9.61. The average molecular weight is 273 g/mol. The van der Waals surface area contributed by atoms with Gasteiger partial charge < -0.3 is 15.3 Å². The first-order valence-electron chi connectivity index (χ1n) is 6.43. The number of nitrogen functional groups attached to an aromatic ring is 1. The summed E-state index contributed by atoms with van der Waals surface area (Å²) in [5, 5.41) is 2.87. The zero-order valence-electron chi connectivity index (χ0n) is 11.7. The van der Waals surface area contributed by atoms with Crippen molar-refractivity contribution in [2.45, 2.75) is 13.3 Å². The fourth-order valence-corrected chi connectivity index (χ4v) is 2.00. The van der Waals surface area contributed by atoms with E-state index in [-0.39, 0.29) is 5.91 Å². The zero-order valence-corrected chi connectivity index (χ0v) is 11.7. The number of carbonyl (C=O) groups is 1. The second kappa shape index (κ2) is 6.21. The van der Waals surface area contributed by atoms with Gasteiger partial charge in [0.2, 0.25) is 0 Å². The highest BCUT2D eigenvalue weighted by Gasteiger charge is 2.10. The number of nitrogens with two attached hydrogens (primary N) is 1. The molecule has 0 aliphatic heterocycles. The van der Waals surface area contributed by atoms with E-state index in [0.29, 0.717) is 24.2 Å². The number of hydrazine groups is 1. The number of rotatable bonds is 5. The number of benzene rings is 1. The van der Waals surface area contributed by atoms with Crippen LogP contribution in [0.25, 0.3) is 0 Å². The van der Waals surface area contributed by atoms with Gasteiger partial charge in [-0.3, -0.25) is 10.6 Å². The normalized spacial score (nSPS) is 10.3. The largest absolute Gasteiger partial charge is 0.352 e. The molecule has 0 atom stereocenters. The Morgan fingerprint density at radius 3 is 2.90 bits per heavy atom.